The normalized spacial score (nSPS) is 11.9. The topological polar surface area (TPSA) is 227 Å². The van der Waals surface area contributed by atoms with Gasteiger partial charge in [-0.05, 0) is 24.3 Å². The number of phenols is 2. The van der Waals surface area contributed by atoms with Gasteiger partial charge in [-0.1, -0.05) is 0 Å². The molecule has 1 aliphatic carbocycles. The van der Waals surface area contributed by atoms with Crippen molar-refractivity contribution >= 4 is 34.9 Å². The zero-order valence-electron chi connectivity index (χ0n) is 17.1. The lowest BCUT2D eigenvalue weighted by Gasteiger charge is -2.24. The van der Waals surface area contributed by atoms with E-state index in [1.54, 1.807) is 0 Å². The number of benzene rings is 2. The number of aromatic hydroxyl groups is 2. The monoisotopic (exact) mass is 440 g/mol. The van der Waals surface area contributed by atoms with Crippen molar-refractivity contribution in [1.29, 1.82) is 0 Å². The molecule has 0 atom stereocenters. The molecule has 0 aromatic heterocycles. The Kier molecular flexibility index (Phi) is 6.33. The fourth-order valence-electron chi connectivity index (χ4n) is 3.41. The lowest BCUT2D eigenvalue weighted by molar-refractivity contribution is 0.0975. The van der Waals surface area contributed by atoms with Crippen molar-refractivity contribution in [1.82, 2.24) is 0 Å². The Bertz CT molecular complexity index is 1050. The number of hydrogen-bond donors (Lipinski definition) is 8. The van der Waals surface area contributed by atoms with Crippen molar-refractivity contribution in [3.05, 3.63) is 46.5 Å². The number of nitrogens with one attached hydrogen (secondary N) is 2. The number of rotatable bonds is 8. The molecule has 1 aliphatic rings. The molecular weight excluding hydrogens is 416 g/mol. The summed E-state index contributed by atoms with van der Waals surface area (Å²) in [4.78, 5) is 34.4. The summed E-state index contributed by atoms with van der Waals surface area (Å²) < 4.78 is 0. The van der Waals surface area contributed by atoms with Gasteiger partial charge in [0, 0.05) is 24.5 Å². The predicted molar refractivity (Wildman–Crippen MR) is 121 cm³/mol. The van der Waals surface area contributed by atoms with Crippen LogP contribution in [0.15, 0.2) is 34.3 Å². The molecule has 0 aliphatic heterocycles. The Balaban J connectivity index is 2.01. The molecule has 0 fully saturated rings. The van der Waals surface area contributed by atoms with E-state index >= 15 is 0 Å². The van der Waals surface area contributed by atoms with E-state index in [1.165, 1.54) is 24.3 Å². The van der Waals surface area contributed by atoms with Crippen molar-refractivity contribution in [2.24, 2.45) is 32.9 Å². The van der Waals surface area contributed by atoms with Crippen molar-refractivity contribution in [3.8, 4) is 11.5 Å². The van der Waals surface area contributed by atoms with Gasteiger partial charge in [-0.2, -0.15) is 0 Å². The first kappa shape index (κ1) is 22.2. The van der Waals surface area contributed by atoms with E-state index in [-0.39, 0.29) is 71.9 Å². The van der Waals surface area contributed by atoms with Gasteiger partial charge in [0.05, 0.1) is 35.3 Å². The summed E-state index contributed by atoms with van der Waals surface area (Å²) in [5.41, 5.74) is 21.4. The Morgan fingerprint density at radius 3 is 1.41 bits per heavy atom. The molecule has 2 aromatic rings. The summed E-state index contributed by atoms with van der Waals surface area (Å²) in [6, 6.07) is 5.56. The third-order valence-electron chi connectivity index (χ3n) is 4.72. The molecule has 12 N–H and O–H groups in total. The average molecular weight is 440 g/mol. The highest BCUT2D eigenvalue weighted by atomic mass is 16.3. The van der Waals surface area contributed by atoms with Crippen LogP contribution in [-0.2, 0) is 0 Å². The molecule has 32 heavy (non-hydrogen) atoms. The smallest absolute Gasteiger partial charge is 0.200 e. The first-order valence-electron chi connectivity index (χ1n) is 9.62. The Hall–Kier alpha value is -4.48. The molecule has 0 unspecified atom stereocenters. The van der Waals surface area contributed by atoms with E-state index in [2.05, 4.69) is 20.6 Å². The number of carbonyl (C=O) groups excluding carboxylic acids is 2. The maximum atomic E-state index is 13.3. The quantitative estimate of drug-likeness (QED) is 0.0944. The van der Waals surface area contributed by atoms with Gasteiger partial charge < -0.3 is 43.8 Å². The van der Waals surface area contributed by atoms with E-state index in [9.17, 15) is 19.8 Å². The summed E-state index contributed by atoms with van der Waals surface area (Å²) in [6.07, 6.45) is 0. The van der Waals surface area contributed by atoms with E-state index in [0.717, 1.165) is 0 Å². The minimum Gasteiger partial charge on any atom is -0.507 e. The molecule has 0 saturated heterocycles. The van der Waals surface area contributed by atoms with E-state index in [1.807, 2.05) is 0 Å². The van der Waals surface area contributed by atoms with Crippen LogP contribution in [0.1, 0.15) is 31.8 Å². The second-order valence-electron chi connectivity index (χ2n) is 6.89. The zero-order chi connectivity index (χ0) is 23.4. The van der Waals surface area contributed by atoms with Crippen LogP contribution in [0.25, 0.3) is 0 Å². The molecule has 0 saturated carbocycles. The summed E-state index contributed by atoms with van der Waals surface area (Å²) in [7, 11) is 0. The molecule has 0 spiro atoms. The van der Waals surface area contributed by atoms with E-state index in [4.69, 9.17) is 22.9 Å². The minimum atomic E-state index is -0.611. The number of aliphatic imine (C=N–C) groups is 2. The Labute approximate surface area is 183 Å². The predicted octanol–water partition coefficient (Wildman–Crippen LogP) is -0.756. The van der Waals surface area contributed by atoms with Gasteiger partial charge in [-0.25, -0.2) is 0 Å². The first-order valence-corrected chi connectivity index (χ1v) is 9.62. The summed E-state index contributed by atoms with van der Waals surface area (Å²) in [5, 5.41) is 26.8. The number of hydrogen-bond acceptors (Lipinski definition) is 8. The molecule has 12 nitrogen and oxygen atoms in total. The van der Waals surface area contributed by atoms with Gasteiger partial charge in [0.25, 0.3) is 0 Å². The highest BCUT2D eigenvalue weighted by Gasteiger charge is 2.37. The highest BCUT2D eigenvalue weighted by Crippen LogP contribution is 2.42. The van der Waals surface area contributed by atoms with Crippen LogP contribution in [0.4, 0.5) is 11.4 Å². The van der Waals surface area contributed by atoms with Gasteiger partial charge in [0.15, 0.2) is 11.9 Å². The Morgan fingerprint density at radius 2 is 1.06 bits per heavy atom. The molecular formula is C20H24N8O4. The van der Waals surface area contributed by atoms with Crippen LogP contribution < -0.4 is 33.6 Å². The molecule has 3 rings (SSSR count). The van der Waals surface area contributed by atoms with E-state index in [0.29, 0.717) is 11.4 Å². The molecule has 168 valence electrons. The summed E-state index contributed by atoms with van der Waals surface area (Å²) >= 11 is 0. The van der Waals surface area contributed by atoms with E-state index < -0.39 is 11.6 Å². The lowest BCUT2D eigenvalue weighted by Crippen LogP contribution is -2.26. The van der Waals surface area contributed by atoms with Gasteiger partial charge in [-0.15, -0.1) is 0 Å². The number of fused-ring (bicyclic) bond motifs is 2. The summed E-state index contributed by atoms with van der Waals surface area (Å²) in [6.45, 7) is 0.987. The number of anilines is 2. The average Bonchev–Trinajstić information content (AvgIpc) is 2.73. The number of ketones is 2. The largest absolute Gasteiger partial charge is 0.507 e. The van der Waals surface area contributed by atoms with Gasteiger partial charge in [0.1, 0.15) is 11.5 Å². The van der Waals surface area contributed by atoms with Crippen molar-refractivity contribution in [2.75, 3.05) is 36.8 Å². The fourth-order valence-corrected chi connectivity index (χ4v) is 3.41. The third-order valence-corrected chi connectivity index (χ3v) is 4.72. The number of phenolic OH excluding ortho intramolecular Hbond substituents is 2. The molecule has 0 bridgehead atoms. The second kappa shape index (κ2) is 9.12. The van der Waals surface area contributed by atoms with Crippen LogP contribution in [-0.4, -0.2) is 59.9 Å². The fraction of sp³-hybridized carbons (Fsp3) is 0.200. The van der Waals surface area contributed by atoms with Crippen molar-refractivity contribution < 1.29 is 19.8 Å². The Morgan fingerprint density at radius 1 is 0.688 bits per heavy atom. The van der Waals surface area contributed by atoms with Crippen molar-refractivity contribution in [3.63, 3.8) is 0 Å². The lowest BCUT2D eigenvalue weighted by atomic mass is 9.81. The van der Waals surface area contributed by atoms with Gasteiger partial charge >= 0.3 is 0 Å². The number of nitrogens with zero attached hydrogens (tertiary/aromatic N) is 2. The second-order valence-corrected chi connectivity index (χ2v) is 6.89. The van der Waals surface area contributed by atoms with Gasteiger partial charge in [-0.3, -0.25) is 19.6 Å². The molecule has 2 aromatic carbocycles. The van der Waals surface area contributed by atoms with Gasteiger partial charge in [0.2, 0.25) is 11.6 Å². The molecule has 0 heterocycles. The van der Waals surface area contributed by atoms with Crippen LogP contribution in [0.3, 0.4) is 0 Å². The first-order chi connectivity index (χ1) is 15.2. The third kappa shape index (κ3) is 4.33. The van der Waals surface area contributed by atoms with Crippen LogP contribution in [0.2, 0.25) is 0 Å². The van der Waals surface area contributed by atoms with Crippen LogP contribution in [0, 0.1) is 0 Å². The maximum absolute atomic E-state index is 13.3. The highest BCUT2D eigenvalue weighted by molar-refractivity contribution is 6.33. The molecule has 0 amide bonds. The van der Waals surface area contributed by atoms with Crippen LogP contribution in [0.5, 0.6) is 11.5 Å². The number of nitrogens with two attached hydrogens (primary N) is 4. The minimum absolute atomic E-state index is 0.0415. The molecule has 12 heteroatoms. The maximum Gasteiger partial charge on any atom is 0.200 e. The zero-order valence-corrected chi connectivity index (χ0v) is 17.1. The SMILES string of the molecule is NC(N)=NCCNc1ccc(O)c2c1C(=O)c1c(O)ccc(NCCN=C(N)N)c1C2=O. The van der Waals surface area contributed by atoms with Crippen LogP contribution >= 0.6 is 0 Å². The number of guanidine groups is 2. The number of carbonyl (C=O) groups is 2. The van der Waals surface area contributed by atoms with Crippen molar-refractivity contribution in [2.45, 2.75) is 0 Å². The molecule has 0 radical (unpaired) electrons. The standard InChI is InChI=1S/C20H24N8O4/c21-19(22)27-7-5-25-9-1-3-11(29)15-13(9)17(31)16-12(30)4-2-10(14(16)18(15)32)26-6-8-28-20(23)24/h1-4,25-26,29-30H,5-8H2,(H4,21,22,27)(H4,23,24,28). The summed E-state index contributed by atoms with van der Waals surface area (Å²) in [5.74, 6) is -2.09.